The number of carbonyl (C=O) groups excluding carboxylic acids is 1. The van der Waals surface area contributed by atoms with Crippen molar-refractivity contribution in [3.05, 3.63) is 95.6 Å². The first-order valence-corrected chi connectivity index (χ1v) is 14.0. The second-order valence-corrected chi connectivity index (χ2v) is 11.3. The van der Waals surface area contributed by atoms with Gasteiger partial charge < -0.3 is 14.7 Å². The van der Waals surface area contributed by atoms with E-state index in [1.54, 1.807) is 0 Å². The number of fused-ring (bicyclic) bond motifs is 5. The van der Waals surface area contributed by atoms with Crippen molar-refractivity contribution < 1.29 is 14.6 Å². The second-order valence-electron chi connectivity index (χ2n) is 11.3. The third kappa shape index (κ3) is 4.92. The van der Waals surface area contributed by atoms with Crippen LogP contribution in [-0.4, -0.2) is 40.4 Å². The molecule has 3 aromatic rings. The molecule has 2 bridgehead atoms. The van der Waals surface area contributed by atoms with Gasteiger partial charge in [0.2, 0.25) is 0 Å². The minimum atomic E-state index is -0.674. The second kappa shape index (κ2) is 10.3. The van der Waals surface area contributed by atoms with Gasteiger partial charge in [0, 0.05) is 18.0 Å². The van der Waals surface area contributed by atoms with Gasteiger partial charge in [0.25, 0.3) is 0 Å². The molecule has 4 heteroatoms. The average Bonchev–Trinajstić information content (AvgIpc) is 3.24. The highest BCUT2D eigenvalue weighted by atomic mass is 16.6. The van der Waals surface area contributed by atoms with E-state index < -0.39 is 5.60 Å². The first kappa shape index (κ1) is 24.2. The topological polar surface area (TPSA) is 49.8 Å². The van der Waals surface area contributed by atoms with E-state index in [0.717, 1.165) is 44.9 Å². The van der Waals surface area contributed by atoms with Gasteiger partial charge in [-0.25, -0.2) is 4.79 Å². The summed E-state index contributed by atoms with van der Waals surface area (Å²) >= 11 is 0. The van der Waals surface area contributed by atoms with Crippen LogP contribution in [0.4, 0.5) is 4.79 Å². The molecular weight excluding hydrogens is 458 g/mol. The molecule has 2 aliphatic heterocycles. The van der Waals surface area contributed by atoms with Crippen LogP contribution in [0.15, 0.2) is 78.9 Å². The largest absolute Gasteiger partial charge is 0.448 e. The Bertz CT molecular complexity index is 1180. The molecule has 4 nitrogen and oxygen atoms in total. The van der Waals surface area contributed by atoms with Gasteiger partial charge in [0.15, 0.2) is 0 Å². The average molecular weight is 496 g/mol. The summed E-state index contributed by atoms with van der Waals surface area (Å²) in [5.41, 5.74) is 5.64. The van der Waals surface area contributed by atoms with Crippen LogP contribution in [-0.2, 0) is 11.2 Å². The normalized spacial score (nSPS) is 24.4. The fourth-order valence-electron chi connectivity index (χ4n) is 7.13. The van der Waals surface area contributed by atoms with Crippen LogP contribution in [0.2, 0.25) is 0 Å². The van der Waals surface area contributed by atoms with Crippen molar-refractivity contribution in [1.29, 1.82) is 0 Å². The van der Waals surface area contributed by atoms with Gasteiger partial charge in [-0.2, -0.15) is 0 Å². The van der Waals surface area contributed by atoms with E-state index in [9.17, 15) is 9.90 Å². The number of aliphatic hydroxyl groups is 1. The minimum Gasteiger partial charge on any atom is -0.448 e. The Hall–Kier alpha value is -3.11. The van der Waals surface area contributed by atoms with Crippen LogP contribution in [0.1, 0.15) is 74.0 Å². The summed E-state index contributed by atoms with van der Waals surface area (Å²) in [4.78, 5) is 15.4. The first-order chi connectivity index (χ1) is 18.1. The highest BCUT2D eigenvalue weighted by Gasteiger charge is 2.47. The Morgan fingerprint density at radius 3 is 2.08 bits per heavy atom. The van der Waals surface area contributed by atoms with Crippen molar-refractivity contribution >= 4 is 6.09 Å². The minimum absolute atomic E-state index is 0.0715. The third-order valence-corrected chi connectivity index (χ3v) is 8.84. The quantitative estimate of drug-likeness (QED) is 0.356. The van der Waals surface area contributed by atoms with Gasteiger partial charge in [-0.1, -0.05) is 85.3 Å². The van der Waals surface area contributed by atoms with Crippen LogP contribution in [0.5, 0.6) is 0 Å². The van der Waals surface area contributed by atoms with Gasteiger partial charge in [0.05, 0.1) is 5.60 Å². The van der Waals surface area contributed by atoms with Crippen molar-refractivity contribution in [2.75, 3.05) is 6.61 Å². The molecule has 2 heterocycles. The smallest absolute Gasteiger partial charge is 0.410 e. The van der Waals surface area contributed by atoms with Crippen molar-refractivity contribution in [1.82, 2.24) is 4.90 Å². The lowest BCUT2D eigenvalue weighted by molar-refractivity contribution is -0.0893. The summed E-state index contributed by atoms with van der Waals surface area (Å²) < 4.78 is 6.04. The highest BCUT2D eigenvalue weighted by Crippen LogP contribution is 2.45. The van der Waals surface area contributed by atoms with E-state index in [-0.39, 0.29) is 24.1 Å². The highest BCUT2D eigenvalue weighted by molar-refractivity contribution is 5.79. The molecule has 0 aromatic heterocycles. The van der Waals surface area contributed by atoms with E-state index >= 15 is 0 Å². The molecule has 37 heavy (non-hydrogen) atoms. The molecule has 3 aliphatic rings. The zero-order chi connectivity index (χ0) is 25.2. The molecule has 2 unspecified atom stereocenters. The summed E-state index contributed by atoms with van der Waals surface area (Å²) in [6.45, 7) is 0.354. The van der Waals surface area contributed by atoms with Crippen LogP contribution in [0.3, 0.4) is 0 Å². The van der Waals surface area contributed by atoms with E-state index in [0.29, 0.717) is 19.4 Å². The molecular formula is C33H37NO3. The summed E-state index contributed by atoms with van der Waals surface area (Å²) in [7, 11) is 0. The number of hydrogen-bond acceptors (Lipinski definition) is 3. The Morgan fingerprint density at radius 2 is 1.43 bits per heavy atom. The monoisotopic (exact) mass is 495 g/mol. The number of unbranched alkanes of at least 4 members (excludes halogenated alkanes) is 1. The van der Waals surface area contributed by atoms with Gasteiger partial charge in [-0.05, 0) is 79.2 Å². The van der Waals surface area contributed by atoms with Crippen molar-refractivity contribution in [3.8, 4) is 11.1 Å². The SMILES string of the molecule is O=C(OCC1c2ccccc2-c2ccccc21)N1C2CCCC1CC(O)(CCCCc1ccccc1)C2. The van der Waals surface area contributed by atoms with Crippen molar-refractivity contribution in [2.24, 2.45) is 0 Å². The molecule has 192 valence electrons. The van der Waals surface area contributed by atoms with Gasteiger partial charge >= 0.3 is 6.09 Å². The van der Waals surface area contributed by atoms with Crippen LogP contribution in [0.25, 0.3) is 11.1 Å². The fourth-order valence-corrected chi connectivity index (χ4v) is 7.13. The molecule has 0 spiro atoms. The maximum Gasteiger partial charge on any atom is 0.410 e. The predicted molar refractivity (Wildman–Crippen MR) is 147 cm³/mol. The lowest BCUT2D eigenvalue weighted by Gasteiger charge is -2.51. The van der Waals surface area contributed by atoms with E-state index in [1.807, 2.05) is 4.90 Å². The van der Waals surface area contributed by atoms with Crippen molar-refractivity contribution in [2.45, 2.75) is 81.4 Å². The Kier molecular flexibility index (Phi) is 6.77. The van der Waals surface area contributed by atoms with E-state index in [4.69, 9.17) is 4.74 Å². The number of hydrogen-bond donors (Lipinski definition) is 1. The van der Waals surface area contributed by atoms with Crippen molar-refractivity contribution in [3.63, 3.8) is 0 Å². The molecule has 2 saturated heterocycles. The number of amides is 1. The van der Waals surface area contributed by atoms with E-state index in [1.165, 1.54) is 27.8 Å². The first-order valence-electron chi connectivity index (χ1n) is 14.0. The summed E-state index contributed by atoms with van der Waals surface area (Å²) in [6.07, 6.45) is 8.10. The Labute approximate surface area is 220 Å². The molecule has 1 aliphatic carbocycles. The summed E-state index contributed by atoms with van der Waals surface area (Å²) in [5, 5.41) is 11.5. The van der Waals surface area contributed by atoms with Gasteiger partial charge in [0.1, 0.15) is 6.61 Å². The number of piperidine rings is 2. The zero-order valence-corrected chi connectivity index (χ0v) is 21.5. The molecule has 1 amide bonds. The lowest BCUT2D eigenvalue weighted by Crippen LogP contribution is -2.60. The lowest BCUT2D eigenvalue weighted by atomic mass is 9.73. The molecule has 2 atom stereocenters. The summed E-state index contributed by atoms with van der Waals surface area (Å²) in [5.74, 6) is 0.0718. The van der Waals surface area contributed by atoms with Crippen LogP contribution in [0, 0.1) is 0 Å². The third-order valence-electron chi connectivity index (χ3n) is 8.84. The maximum atomic E-state index is 13.4. The molecule has 0 radical (unpaired) electrons. The Morgan fingerprint density at radius 1 is 0.838 bits per heavy atom. The molecule has 0 saturated carbocycles. The molecule has 2 fully saturated rings. The number of rotatable bonds is 7. The fraction of sp³-hybridized carbons (Fsp3) is 0.424. The number of carbonyl (C=O) groups is 1. The number of ether oxygens (including phenoxy) is 1. The molecule has 3 aromatic carbocycles. The zero-order valence-electron chi connectivity index (χ0n) is 21.5. The number of benzene rings is 3. The van der Waals surface area contributed by atoms with Gasteiger partial charge in [-0.15, -0.1) is 0 Å². The maximum absolute atomic E-state index is 13.4. The standard InChI is InChI=1S/C33H37NO3/c35-32(37-23-31-29-18-6-4-16-27(29)28-17-5-7-19-30(28)31)34-25-14-10-15-26(34)22-33(36,21-25)20-9-8-13-24-11-2-1-3-12-24/h1-7,11-12,16-19,25-26,31,36H,8-10,13-15,20-23H2. The number of nitrogens with zero attached hydrogens (tertiary/aromatic N) is 1. The van der Waals surface area contributed by atoms with E-state index in [2.05, 4.69) is 78.9 Å². The Balaban J connectivity index is 1.08. The van der Waals surface area contributed by atoms with Crippen LogP contribution >= 0.6 is 0 Å². The van der Waals surface area contributed by atoms with Gasteiger partial charge in [-0.3, -0.25) is 0 Å². The molecule has 1 N–H and O–H groups in total. The van der Waals surface area contributed by atoms with Crippen LogP contribution < -0.4 is 0 Å². The predicted octanol–water partition coefficient (Wildman–Crippen LogP) is 7.10. The molecule has 6 rings (SSSR count). The number of aryl methyl sites for hydroxylation is 1. The summed E-state index contributed by atoms with van der Waals surface area (Å²) in [6, 6.07) is 27.6.